The van der Waals surface area contributed by atoms with Crippen LogP contribution in [0.4, 0.5) is 0 Å². The molecule has 2 unspecified atom stereocenters. The van der Waals surface area contributed by atoms with Crippen LogP contribution in [0, 0.1) is 23.7 Å². The van der Waals surface area contributed by atoms with Crippen molar-refractivity contribution in [2.75, 3.05) is 6.54 Å². The number of nitrogens with one attached hydrogen (secondary N) is 1. The summed E-state index contributed by atoms with van der Waals surface area (Å²) in [4.78, 5) is 0. The van der Waals surface area contributed by atoms with E-state index in [1.807, 2.05) is 0 Å². The summed E-state index contributed by atoms with van der Waals surface area (Å²) in [7, 11) is 0. The Hall–Kier alpha value is -0.480. The lowest BCUT2D eigenvalue weighted by atomic mass is 9.70. The standard InChI is InChI=1S/C14H25N/c1-5-6-7-10-15-13-8-9-14(3,4)11-12(13)2/h1,12-13,15H,6-11H2,2-4H3. The molecule has 15 heavy (non-hydrogen) atoms. The Labute approximate surface area is 95.0 Å². The van der Waals surface area contributed by atoms with Gasteiger partial charge in [-0.15, -0.1) is 12.3 Å². The monoisotopic (exact) mass is 207 g/mol. The molecular weight excluding hydrogens is 182 g/mol. The summed E-state index contributed by atoms with van der Waals surface area (Å²) in [5, 5.41) is 3.65. The minimum Gasteiger partial charge on any atom is -0.314 e. The number of hydrogen-bond donors (Lipinski definition) is 1. The summed E-state index contributed by atoms with van der Waals surface area (Å²) >= 11 is 0. The Kier molecular flexibility index (Phi) is 4.67. The maximum Gasteiger partial charge on any atom is 0.00981 e. The van der Waals surface area contributed by atoms with Crippen molar-refractivity contribution >= 4 is 0 Å². The van der Waals surface area contributed by atoms with E-state index in [0.29, 0.717) is 5.41 Å². The van der Waals surface area contributed by atoms with Crippen LogP contribution < -0.4 is 5.32 Å². The third-order valence-corrected chi connectivity index (χ3v) is 3.60. The second kappa shape index (κ2) is 5.56. The average molecular weight is 207 g/mol. The highest BCUT2D eigenvalue weighted by atomic mass is 14.9. The fraction of sp³-hybridized carbons (Fsp3) is 0.857. The predicted octanol–water partition coefficient (Wildman–Crippen LogP) is 3.20. The van der Waals surface area contributed by atoms with E-state index in [0.717, 1.165) is 31.3 Å². The van der Waals surface area contributed by atoms with Gasteiger partial charge in [-0.1, -0.05) is 20.8 Å². The molecule has 0 heterocycles. The van der Waals surface area contributed by atoms with Crippen LogP contribution in [0.1, 0.15) is 52.9 Å². The Morgan fingerprint density at radius 1 is 1.47 bits per heavy atom. The van der Waals surface area contributed by atoms with Gasteiger partial charge in [0.1, 0.15) is 0 Å². The molecule has 1 heteroatoms. The van der Waals surface area contributed by atoms with Gasteiger partial charge in [0.2, 0.25) is 0 Å². The smallest absolute Gasteiger partial charge is 0.00981 e. The molecule has 1 rings (SSSR count). The first-order valence-electron chi connectivity index (χ1n) is 6.22. The number of hydrogen-bond acceptors (Lipinski definition) is 1. The molecule has 0 aromatic rings. The molecule has 1 N–H and O–H groups in total. The maximum atomic E-state index is 5.23. The van der Waals surface area contributed by atoms with E-state index in [4.69, 9.17) is 6.42 Å². The number of rotatable bonds is 4. The summed E-state index contributed by atoms with van der Waals surface area (Å²) < 4.78 is 0. The van der Waals surface area contributed by atoms with Crippen molar-refractivity contribution in [3.63, 3.8) is 0 Å². The second-order valence-corrected chi connectivity index (χ2v) is 5.75. The van der Waals surface area contributed by atoms with Crippen molar-refractivity contribution in [3.05, 3.63) is 0 Å². The molecule has 0 amide bonds. The van der Waals surface area contributed by atoms with Crippen LogP contribution >= 0.6 is 0 Å². The van der Waals surface area contributed by atoms with E-state index in [1.165, 1.54) is 19.3 Å². The van der Waals surface area contributed by atoms with Gasteiger partial charge in [-0.2, -0.15) is 0 Å². The van der Waals surface area contributed by atoms with Crippen LogP contribution in [-0.4, -0.2) is 12.6 Å². The third kappa shape index (κ3) is 4.26. The average Bonchev–Trinajstić information content (AvgIpc) is 2.14. The maximum absolute atomic E-state index is 5.23. The summed E-state index contributed by atoms with van der Waals surface area (Å²) in [6.07, 6.45) is 11.3. The van der Waals surface area contributed by atoms with Gasteiger partial charge in [0, 0.05) is 12.5 Å². The van der Waals surface area contributed by atoms with Gasteiger partial charge < -0.3 is 5.32 Å². The van der Waals surface area contributed by atoms with Crippen molar-refractivity contribution < 1.29 is 0 Å². The van der Waals surface area contributed by atoms with E-state index in [-0.39, 0.29) is 0 Å². The molecule has 2 atom stereocenters. The molecule has 1 fully saturated rings. The summed E-state index contributed by atoms with van der Waals surface area (Å²) in [6.45, 7) is 8.23. The van der Waals surface area contributed by atoms with Crippen molar-refractivity contribution in [1.82, 2.24) is 5.32 Å². The van der Waals surface area contributed by atoms with Gasteiger partial charge in [-0.05, 0) is 43.6 Å². The molecule has 1 aliphatic carbocycles. The highest BCUT2D eigenvalue weighted by Gasteiger charge is 2.31. The fourth-order valence-electron chi connectivity index (χ4n) is 2.73. The van der Waals surface area contributed by atoms with Gasteiger partial charge in [-0.25, -0.2) is 0 Å². The lowest BCUT2D eigenvalue weighted by Gasteiger charge is -2.39. The molecule has 0 saturated heterocycles. The first kappa shape index (κ1) is 12.6. The molecule has 0 radical (unpaired) electrons. The Morgan fingerprint density at radius 2 is 2.20 bits per heavy atom. The van der Waals surface area contributed by atoms with E-state index in [9.17, 15) is 0 Å². The third-order valence-electron chi connectivity index (χ3n) is 3.60. The van der Waals surface area contributed by atoms with E-state index >= 15 is 0 Å². The highest BCUT2D eigenvalue weighted by molar-refractivity contribution is 4.87. The first-order chi connectivity index (χ1) is 7.05. The Morgan fingerprint density at radius 3 is 2.80 bits per heavy atom. The molecule has 0 aliphatic heterocycles. The van der Waals surface area contributed by atoms with Gasteiger partial charge in [0.05, 0.1) is 0 Å². The zero-order valence-electron chi connectivity index (χ0n) is 10.5. The van der Waals surface area contributed by atoms with Gasteiger partial charge in [0.25, 0.3) is 0 Å². The van der Waals surface area contributed by atoms with Crippen LogP contribution in [0.5, 0.6) is 0 Å². The molecule has 1 aliphatic rings. The van der Waals surface area contributed by atoms with Crippen LogP contribution in [0.3, 0.4) is 0 Å². The van der Waals surface area contributed by atoms with Crippen molar-refractivity contribution in [2.45, 2.75) is 58.9 Å². The topological polar surface area (TPSA) is 12.0 Å². The first-order valence-corrected chi connectivity index (χ1v) is 6.22. The van der Waals surface area contributed by atoms with E-state index in [2.05, 4.69) is 32.0 Å². The SMILES string of the molecule is C#CCCCNC1CCC(C)(C)CC1C. The predicted molar refractivity (Wildman–Crippen MR) is 66.7 cm³/mol. The summed E-state index contributed by atoms with van der Waals surface area (Å²) in [5.74, 6) is 3.49. The normalized spacial score (nSPS) is 29.7. The minimum atomic E-state index is 0.552. The fourth-order valence-corrected chi connectivity index (χ4v) is 2.73. The van der Waals surface area contributed by atoms with Crippen molar-refractivity contribution in [1.29, 1.82) is 0 Å². The zero-order chi connectivity index (χ0) is 11.3. The highest BCUT2D eigenvalue weighted by Crippen LogP contribution is 2.38. The molecule has 1 nitrogen and oxygen atoms in total. The lowest BCUT2D eigenvalue weighted by Crippen LogP contribution is -2.42. The van der Waals surface area contributed by atoms with Gasteiger partial charge in [0.15, 0.2) is 0 Å². The number of unbranched alkanes of at least 4 members (excludes halogenated alkanes) is 1. The van der Waals surface area contributed by atoms with Crippen molar-refractivity contribution in [3.8, 4) is 12.3 Å². The Bertz CT molecular complexity index is 224. The van der Waals surface area contributed by atoms with Crippen LogP contribution in [0.2, 0.25) is 0 Å². The quantitative estimate of drug-likeness (QED) is 0.551. The van der Waals surface area contributed by atoms with Gasteiger partial charge >= 0.3 is 0 Å². The minimum absolute atomic E-state index is 0.552. The van der Waals surface area contributed by atoms with Crippen LogP contribution in [0.15, 0.2) is 0 Å². The van der Waals surface area contributed by atoms with Crippen molar-refractivity contribution in [2.24, 2.45) is 11.3 Å². The molecule has 0 aromatic carbocycles. The van der Waals surface area contributed by atoms with Crippen LogP contribution in [0.25, 0.3) is 0 Å². The molecule has 0 spiro atoms. The molecule has 86 valence electrons. The Balaban J connectivity index is 2.24. The zero-order valence-corrected chi connectivity index (χ0v) is 10.5. The second-order valence-electron chi connectivity index (χ2n) is 5.75. The lowest BCUT2D eigenvalue weighted by molar-refractivity contribution is 0.149. The summed E-state index contributed by atoms with van der Waals surface area (Å²) in [6, 6.07) is 0.718. The molecule has 0 aromatic heterocycles. The summed E-state index contributed by atoms with van der Waals surface area (Å²) in [5.41, 5.74) is 0.552. The van der Waals surface area contributed by atoms with Crippen LogP contribution in [-0.2, 0) is 0 Å². The molecule has 0 bridgehead atoms. The van der Waals surface area contributed by atoms with E-state index < -0.39 is 0 Å². The van der Waals surface area contributed by atoms with Gasteiger partial charge in [-0.3, -0.25) is 0 Å². The largest absolute Gasteiger partial charge is 0.314 e. The molecular formula is C14H25N. The van der Waals surface area contributed by atoms with E-state index in [1.54, 1.807) is 0 Å². The molecule has 1 saturated carbocycles. The number of terminal acetylenes is 1.